The first-order chi connectivity index (χ1) is 18.2. The van der Waals surface area contributed by atoms with E-state index in [4.69, 9.17) is 11.6 Å². The molecule has 200 valence electrons. The molecule has 0 radical (unpaired) electrons. The van der Waals surface area contributed by atoms with Crippen LogP contribution in [0.3, 0.4) is 0 Å². The van der Waals surface area contributed by atoms with Crippen molar-refractivity contribution < 1.29 is 22.8 Å². The summed E-state index contributed by atoms with van der Waals surface area (Å²) in [5.41, 5.74) is 0.634. The summed E-state index contributed by atoms with van der Waals surface area (Å²) in [6, 6.07) is 12.1. The second-order valence-electron chi connectivity index (χ2n) is 8.89. The van der Waals surface area contributed by atoms with Crippen LogP contribution >= 0.6 is 19.5 Å². The summed E-state index contributed by atoms with van der Waals surface area (Å²) < 4.78 is 44.9. The van der Waals surface area contributed by atoms with E-state index in [1.165, 1.54) is 24.3 Å². The quantitative estimate of drug-likeness (QED) is 0.309. The third-order valence-electron chi connectivity index (χ3n) is 6.53. The van der Waals surface area contributed by atoms with Gasteiger partial charge in [-0.2, -0.15) is 0 Å². The van der Waals surface area contributed by atoms with Crippen molar-refractivity contribution in [1.82, 2.24) is 5.32 Å². The fourth-order valence-corrected chi connectivity index (χ4v) is 6.80. The van der Waals surface area contributed by atoms with E-state index in [1.807, 2.05) is 24.3 Å². The van der Waals surface area contributed by atoms with Crippen LogP contribution in [0.15, 0.2) is 54.6 Å². The molecule has 3 amide bonds. The Morgan fingerprint density at radius 2 is 1.71 bits per heavy atom. The monoisotopic (exact) mass is 561 g/mol. The molecule has 0 saturated carbocycles. The summed E-state index contributed by atoms with van der Waals surface area (Å²) >= 11 is 5.73. The van der Waals surface area contributed by atoms with Crippen LogP contribution in [0.4, 0.5) is 29.3 Å². The molecule has 2 N–H and O–H groups in total. The van der Waals surface area contributed by atoms with Crippen LogP contribution in [0, 0.1) is 17.5 Å². The predicted molar refractivity (Wildman–Crippen MR) is 148 cm³/mol. The minimum atomic E-state index is -1.03. The summed E-state index contributed by atoms with van der Waals surface area (Å²) in [7, 11) is -0.465. The molecule has 38 heavy (non-hydrogen) atoms. The van der Waals surface area contributed by atoms with Crippen LogP contribution in [0.25, 0.3) is 11.1 Å². The van der Waals surface area contributed by atoms with E-state index in [0.29, 0.717) is 12.0 Å². The number of carbonyl (C=O) groups excluding carboxylic acids is 2. The highest BCUT2D eigenvalue weighted by Crippen LogP contribution is 2.39. The lowest BCUT2D eigenvalue weighted by atomic mass is 10.0. The molecule has 1 unspecified atom stereocenters. The summed E-state index contributed by atoms with van der Waals surface area (Å²) in [5.74, 6) is -3.09. The van der Waals surface area contributed by atoms with Crippen LogP contribution in [0.5, 0.6) is 0 Å². The first-order valence-corrected chi connectivity index (χ1v) is 14.5. The first-order valence-electron chi connectivity index (χ1n) is 12.4. The van der Waals surface area contributed by atoms with Gasteiger partial charge in [0.2, 0.25) is 5.91 Å². The number of hydrogen-bond donors (Lipinski definition) is 2. The van der Waals surface area contributed by atoms with Gasteiger partial charge in [-0.1, -0.05) is 57.6 Å². The van der Waals surface area contributed by atoms with Crippen molar-refractivity contribution in [2.24, 2.45) is 0 Å². The van der Waals surface area contributed by atoms with Gasteiger partial charge in [-0.15, -0.1) is 0 Å². The summed E-state index contributed by atoms with van der Waals surface area (Å²) in [6.07, 6.45) is 2.60. The highest BCUT2D eigenvalue weighted by molar-refractivity contribution is 7.65. The number of anilines is 2. The topological polar surface area (TPSA) is 61.4 Å². The van der Waals surface area contributed by atoms with Gasteiger partial charge in [-0.05, 0) is 71.9 Å². The average Bonchev–Trinajstić information content (AvgIpc) is 2.88. The maximum absolute atomic E-state index is 15.4. The number of carbonyl (C=O) groups is 2. The molecule has 10 heteroatoms. The molecule has 1 saturated heterocycles. The molecule has 1 heterocycles. The Hall–Kier alpha value is -3.09. The van der Waals surface area contributed by atoms with Gasteiger partial charge in [0.1, 0.15) is 17.5 Å². The summed E-state index contributed by atoms with van der Waals surface area (Å²) in [4.78, 5) is 26.6. The molecule has 0 spiro atoms. The first kappa shape index (κ1) is 27.9. The number of piperidine rings is 1. The Morgan fingerprint density at radius 3 is 2.37 bits per heavy atom. The fourth-order valence-electron chi connectivity index (χ4n) is 4.68. The van der Waals surface area contributed by atoms with Crippen LogP contribution in [-0.2, 0) is 4.79 Å². The van der Waals surface area contributed by atoms with E-state index < -0.39 is 49.0 Å². The van der Waals surface area contributed by atoms with Gasteiger partial charge in [0.15, 0.2) is 11.6 Å². The lowest BCUT2D eigenvalue weighted by molar-refractivity contribution is -0.121. The van der Waals surface area contributed by atoms with Crippen molar-refractivity contribution in [3.8, 4) is 11.1 Å². The lowest BCUT2D eigenvalue weighted by Gasteiger charge is -2.33. The summed E-state index contributed by atoms with van der Waals surface area (Å²) in [6.45, 7) is 4.31. The Labute approximate surface area is 226 Å². The van der Waals surface area contributed by atoms with Crippen molar-refractivity contribution >= 4 is 48.1 Å². The van der Waals surface area contributed by atoms with E-state index in [2.05, 4.69) is 24.5 Å². The van der Waals surface area contributed by atoms with Crippen LogP contribution in [-0.4, -0.2) is 36.8 Å². The molecule has 0 aromatic heterocycles. The van der Waals surface area contributed by atoms with Crippen LogP contribution in [0.1, 0.15) is 26.7 Å². The zero-order valence-electron chi connectivity index (χ0n) is 21.0. The van der Waals surface area contributed by atoms with Gasteiger partial charge in [0.05, 0.1) is 5.69 Å². The largest absolute Gasteiger partial charge is 0.326 e. The Balaban J connectivity index is 1.55. The number of amides is 3. The molecule has 1 fully saturated rings. The van der Waals surface area contributed by atoms with Gasteiger partial charge < -0.3 is 15.5 Å². The minimum Gasteiger partial charge on any atom is -0.326 e. The molecule has 3 aromatic carbocycles. The molecule has 1 atom stereocenters. The number of halogens is 4. The predicted octanol–water partition coefficient (Wildman–Crippen LogP) is 6.89. The number of rotatable bonds is 7. The number of hydrogen-bond acceptors (Lipinski definition) is 2. The van der Waals surface area contributed by atoms with Gasteiger partial charge in [-0.3, -0.25) is 4.79 Å². The van der Waals surface area contributed by atoms with E-state index in [9.17, 15) is 14.0 Å². The molecule has 3 aromatic rings. The van der Waals surface area contributed by atoms with E-state index in [0.717, 1.165) is 34.2 Å². The molecule has 5 nitrogen and oxygen atoms in total. The maximum Gasteiger partial charge on any atom is 0.319 e. The molecule has 4 rings (SSSR count). The van der Waals surface area contributed by atoms with E-state index >= 15 is 8.78 Å². The van der Waals surface area contributed by atoms with E-state index in [1.54, 1.807) is 0 Å². The van der Waals surface area contributed by atoms with Gasteiger partial charge >= 0.3 is 6.03 Å². The zero-order chi connectivity index (χ0) is 27.4. The smallest absolute Gasteiger partial charge is 0.319 e. The highest BCUT2D eigenvalue weighted by atomic mass is 35.5. The molecule has 0 bridgehead atoms. The lowest BCUT2D eigenvalue weighted by Crippen LogP contribution is -2.53. The second kappa shape index (κ2) is 12.2. The highest BCUT2D eigenvalue weighted by Gasteiger charge is 2.34. The fraction of sp³-hybridized carbons (Fsp3) is 0.286. The van der Waals surface area contributed by atoms with Crippen LogP contribution in [0.2, 0.25) is 5.02 Å². The standard InChI is InChI=1S/C28H28ClF3N3O2P/c1-3-38(4-2)25-10-6-5-8-19(25)17-14-21(31)26(22(32)15-17)35-13-7-9-24(27(35)36)34-28(37)33-23-12-11-18(29)16-20(23)30/h5-6,8,10-12,14-16,24H,3-4,7,9,13H2,1-2H3,(H2,33,34,37). The number of urea groups is 1. The normalized spacial score (nSPS) is 15.6. The third-order valence-corrected chi connectivity index (χ3v) is 9.36. The van der Waals surface area contributed by atoms with E-state index in [-0.39, 0.29) is 23.7 Å². The molecule has 1 aliphatic rings. The van der Waals surface area contributed by atoms with Crippen molar-refractivity contribution in [1.29, 1.82) is 0 Å². The Kier molecular flexibility index (Phi) is 8.95. The van der Waals surface area contributed by atoms with Crippen LogP contribution < -0.4 is 20.8 Å². The Bertz CT molecular complexity index is 1330. The van der Waals surface area contributed by atoms with Crippen molar-refractivity contribution in [2.75, 3.05) is 29.1 Å². The summed E-state index contributed by atoms with van der Waals surface area (Å²) in [5, 5.41) is 6.07. The van der Waals surface area contributed by atoms with Gasteiger partial charge in [0, 0.05) is 11.6 Å². The number of nitrogens with one attached hydrogen (secondary N) is 2. The average molecular weight is 562 g/mol. The van der Waals surface area contributed by atoms with Gasteiger partial charge in [0.25, 0.3) is 0 Å². The molecule has 0 aliphatic carbocycles. The number of nitrogens with zero attached hydrogens (tertiary/aromatic N) is 1. The maximum atomic E-state index is 15.4. The number of benzene rings is 3. The zero-order valence-corrected chi connectivity index (χ0v) is 22.7. The third kappa shape index (κ3) is 5.97. The van der Waals surface area contributed by atoms with Crippen molar-refractivity contribution in [2.45, 2.75) is 32.7 Å². The second-order valence-corrected chi connectivity index (χ2v) is 12.1. The Morgan fingerprint density at radius 1 is 1.03 bits per heavy atom. The molecule has 1 aliphatic heterocycles. The van der Waals surface area contributed by atoms with Crippen molar-refractivity contribution in [3.05, 3.63) is 77.1 Å². The van der Waals surface area contributed by atoms with Crippen molar-refractivity contribution in [3.63, 3.8) is 0 Å². The van der Waals surface area contributed by atoms with Gasteiger partial charge in [-0.25, -0.2) is 18.0 Å². The minimum absolute atomic E-state index is 0.102. The molecular weight excluding hydrogens is 534 g/mol. The SMILES string of the molecule is CCP(CC)c1ccccc1-c1cc(F)c(N2CCCC(NC(=O)Nc3ccc(Cl)cc3F)C2=O)c(F)c1. The molecular formula is C28H28ClF3N3O2P.